The molecule has 5 aliphatic rings. The summed E-state index contributed by atoms with van der Waals surface area (Å²) in [5.41, 5.74) is 0.345. The second-order valence-corrected chi connectivity index (χ2v) is 8.40. The Morgan fingerprint density at radius 3 is 2.27 bits per heavy atom. The molecule has 124 valence electrons. The second kappa shape index (κ2) is 5.79. The van der Waals surface area contributed by atoms with Crippen molar-refractivity contribution < 1.29 is 14.6 Å². The van der Waals surface area contributed by atoms with Gasteiger partial charge in [-0.15, -0.1) is 0 Å². The fraction of sp³-hybridized carbons (Fsp3) is 0.944. The van der Waals surface area contributed by atoms with Crippen LogP contribution in [0, 0.1) is 23.2 Å². The number of aliphatic hydroxyl groups excluding tert-OH is 1. The zero-order valence-electron chi connectivity index (χ0n) is 13.5. The number of carbonyl (C=O) groups is 1. The van der Waals surface area contributed by atoms with E-state index in [1.54, 1.807) is 0 Å². The molecule has 1 heterocycles. The van der Waals surface area contributed by atoms with Crippen LogP contribution in [0.1, 0.15) is 51.4 Å². The quantitative estimate of drug-likeness (QED) is 0.847. The molecule has 1 atom stereocenters. The molecule has 0 unspecified atom stereocenters. The number of nitrogens with zero attached hydrogens (tertiary/aromatic N) is 1. The molecule has 1 saturated heterocycles. The summed E-state index contributed by atoms with van der Waals surface area (Å²) in [7, 11) is 0. The molecule has 22 heavy (non-hydrogen) atoms. The Labute approximate surface area is 133 Å². The predicted molar refractivity (Wildman–Crippen MR) is 83.2 cm³/mol. The average molecular weight is 307 g/mol. The highest BCUT2D eigenvalue weighted by Crippen LogP contribution is 2.60. The standard InChI is InChI=1S/C18H29NO3/c20-4-3-19(17(21)16-2-1-5-22-16)12-18-9-13-6-14(10-18)8-15(7-13)11-18/h13-16,20H,1-12H2/t13?,14?,15?,16-,18?/m1/s1. The number of carbonyl (C=O) groups excluding carboxylic acids is 1. The van der Waals surface area contributed by atoms with E-state index in [2.05, 4.69) is 0 Å². The summed E-state index contributed by atoms with van der Waals surface area (Å²) in [6.45, 7) is 2.10. The molecule has 4 aliphatic carbocycles. The molecule has 0 aromatic heterocycles. The van der Waals surface area contributed by atoms with Crippen molar-refractivity contribution in [1.82, 2.24) is 4.90 Å². The van der Waals surface area contributed by atoms with Gasteiger partial charge in [0.05, 0.1) is 6.61 Å². The van der Waals surface area contributed by atoms with Gasteiger partial charge in [-0.25, -0.2) is 0 Å². The number of amides is 1. The molecule has 5 rings (SSSR count). The summed E-state index contributed by atoms with van der Waals surface area (Å²) in [5, 5.41) is 9.41. The third-order valence-electron chi connectivity index (χ3n) is 6.58. The molecule has 0 aromatic rings. The van der Waals surface area contributed by atoms with E-state index in [4.69, 9.17) is 4.74 Å². The molecule has 4 nitrogen and oxygen atoms in total. The van der Waals surface area contributed by atoms with Crippen LogP contribution in [-0.4, -0.2) is 48.3 Å². The van der Waals surface area contributed by atoms with Crippen LogP contribution in [0.15, 0.2) is 0 Å². The smallest absolute Gasteiger partial charge is 0.251 e. The number of ether oxygens (including phenoxy) is 1. The Bertz CT molecular complexity index is 395. The van der Waals surface area contributed by atoms with E-state index in [1.165, 1.54) is 38.5 Å². The van der Waals surface area contributed by atoms with E-state index in [-0.39, 0.29) is 18.6 Å². The lowest BCUT2D eigenvalue weighted by atomic mass is 9.49. The Morgan fingerprint density at radius 2 is 1.77 bits per heavy atom. The summed E-state index contributed by atoms with van der Waals surface area (Å²) in [6, 6.07) is 0. The number of hydrogen-bond acceptors (Lipinski definition) is 3. The Balaban J connectivity index is 1.48. The summed E-state index contributed by atoms with van der Waals surface area (Å²) >= 11 is 0. The minimum absolute atomic E-state index is 0.0603. The van der Waals surface area contributed by atoms with E-state index < -0.39 is 0 Å². The first-order valence-corrected chi connectivity index (χ1v) is 9.19. The first-order chi connectivity index (χ1) is 10.7. The van der Waals surface area contributed by atoms with Crippen molar-refractivity contribution in [1.29, 1.82) is 0 Å². The summed E-state index contributed by atoms with van der Waals surface area (Å²) in [6.07, 6.45) is 9.79. The molecule has 5 fully saturated rings. The lowest BCUT2D eigenvalue weighted by molar-refractivity contribution is -0.147. The van der Waals surface area contributed by atoms with E-state index in [0.717, 1.165) is 37.1 Å². The van der Waals surface area contributed by atoms with Crippen LogP contribution in [0.25, 0.3) is 0 Å². The Hall–Kier alpha value is -0.610. The molecule has 0 radical (unpaired) electrons. The van der Waals surface area contributed by atoms with Crippen molar-refractivity contribution in [3.05, 3.63) is 0 Å². The van der Waals surface area contributed by atoms with Crippen LogP contribution in [0.2, 0.25) is 0 Å². The van der Waals surface area contributed by atoms with Gasteiger partial charge in [0.2, 0.25) is 0 Å². The van der Waals surface area contributed by atoms with Crippen molar-refractivity contribution >= 4 is 5.91 Å². The van der Waals surface area contributed by atoms with Crippen LogP contribution >= 0.6 is 0 Å². The molecular formula is C18H29NO3. The SMILES string of the molecule is O=C([C@H]1CCCO1)N(CCO)CC12CC3CC(CC(C3)C1)C2. The van der Waals surface area contributed by atoms with Crippen LogP contribution in [0.4, 0.5) is 0 Å². The maximum Gasteiger partial charge on any atom is 0.251 e. The normalized spacial score (nSPS) is 42.8. The highest BCUT2D eigenvalue weighted by molar-refractivity contribution is 5.81. The topological polar surface area (TPSA) is 49.8 Å². The van der Waals surface area contributed by atoms with Gasteiger partial charge in [-0.1, -0.05) is 0 Å². The van der Waals surface area contributed by atoms with Gasteiger partial charge in [-0.05, 0) is 74.5 Å². The summed E-state index contributed by atoms with van der Waals surface area (Å²) in [5.74, 6) is 2.84. The van der Waals surface area contributed by atoms with E-state index in [9.17, 15) is 9.90 Å². The maximum absolute atomic E-state index is 12.7. The van der Waals surface area contributed by atoms with Crippen molar-refractivity contribution in [2.45, 2.75) is 57.5 Å². The minimum Gasteiger partial charge on any atom is -0.395 e. The van der Waals surface area contributed by atoms with E-state index >= 15 is 0 Å². The van der Waals surface area contributed by atoms with Gasteiger partial charge >= 0.3 is 0 Å². The molecule has 1 N–H and O–H groups in total. The Morgan fingerprint density at radius 1 is 1.14 bits per heavy atom. The number of hydrogen-bond donors (Lipinski definition) is 1. The molecule has 4 heteroatoms. The first-order valence-electron chi connectivity index (χ1n) is 9.19. The minimum atomic E-state index is -0.250. The van der Waals surface area contributed by atoms with Gasteiger partial charge in [0.1, 0.15) is 6.10 Å². The van der Waals surface area contributed by atoms with Crippen molar-refractivity contribution in [2.24, 2.45) is 23.2 Å². The van der Waals surface area contributed by atoms with Gasteiger partial charge in [0, 0.05) is 19.7 Å². The highest BCUT2D eigenvalue weighted by atomic mass is 16.5. The van der Waals surface area contributed by atoms with E-state index in [1.807, 2.05) is 4.90 Å². The largest absolute Gasteiger partial charge is 0.395 e. The Kier molecular flexibility index (Phi) is 3.93. The molecule has 1 amide bonds. The van der Waals surface area contributed by atoms with Gasteiger partial charge in [-0.2, -0.15) is 0 Å². The van der Waals surface area contributed by atoms with Gasteiger partial charge in [-0.3, -0.25) is 4.79 Å². The fourth-order valence-electron chi connectivity index (χ4n) is 6.25. The second-order valence-electron chi connectivity index (χ2n) is 8.40. The number of rotatable bonds is 5. The molecule has 0 spiro atoms. The summed E-state index contributed by atoms with van der Waals surface area (Å²) < 4.78 is 5.59. The highest BCUT2D eigenvalue weighted by Gasteiger charge is 2.51. The van der Waals surface area contributed by atoms with E-state index in [0.29, 0.717) is 18.6 Å². The lowest BCUT2D eigenvalue weighted by Crippen LogP contribution is -2.54. The van der Waals surface area contributed by atoms with Crippen LogP contribution in [0.5, 0.6) is 0 Å². The molecule has 4 bridgehead atoms. The molecular weight excluding hydrogens is 278 g/mol. The maximum atomic E-state index is 12.7. The van der Waals surface area contributed by atoms with Gasteiger partial charge < -0.3 is 14.7 Å². The molecule has 4 saturated carbocycles. The van der Waals surface area contributed by atoms with Crippen molar-refractivity contribution in [3.8, 4) is 0 Å². The fourth-order valence-corrected chi connectivity index (χ4v) is 6.25. The van der Waals surface area contributed by atoms with Gasteiger partial charge in [0.15, 0.2) is 0 Å². The van der Waals surface area contributed by atoms with Crippen LogP contribution < -0.4 is 0 Å². The van der Waals surface area contributed by atoms with Crippen LogP contribution in [0.3, 0.4) is 0 Å². The van der Waals surface area contributed by atoms with Crippen molar-refractivity contribution in [3.63, 3.8) is 0 Å². The number of aliphatic hydroxyl groups is 1. The third-order valence-corrected chi connectivity index (χ3v) is 6.58. The zero-order valence-corrected chi connectivity index (χ0v) is 13.5. The van der Waals surface area contributed by atoms with Crippen LogP contribution in [-0.2, 0) is 9.53 Å². The van der Waals surface area contributed by atoms with Crippen molar-refractivity contribution in [2.75, 3.05) is 26.3 Å². The zero-order chi connectivity index (χ0) is 15.2. The molecule has 0 aromatic carbocycles. The average Bonchev–Trinajstić information content (AvgIpc) is 2.98. The monoisotopic (exact) mass is 307 g/mol. The summed E-state index contributed by atoms with van der Waals surface area (Å²) in [4.78, 5) is 14.7. The first kappa shape index (κ1) is 14.9. The lowest BCUT2D eigenvalue weighted by Gasteiger charge is -2.58. The molecule has 1 aliphatic heterocycles. The van der Waals surface area contributed by atoms with Gasteiger partial charge in [0.25, 0.3) is 5.91 Å². The third kappa shape index (κ3) is 2.69. The predicted octanol–water partition coefficient (Wildman–Crippen LogP) is 2.20.